The fourth-order valence-electron chi connectivity index (χ4n) is 2.17. The summed E-state index contributed by atoms with van der Waals surface area (Å²) in [5, 5.41) is 6.15. The molecule has 2 N–H and O–H groups in total. The Morgan fingerprint density at radius 3 is 2.39 bits per heavy atom. The first-order valence-corrected chi connectivity index (χ1v) is 7.79. The SMILES string of the molecule is CC(=O)NC(CC(=O)Nc1cccc(Cl)c1Cl)c1ccccc1. The van der Waals surface area contributed by atoms with Crippen molar-refractivity contribution >= 4 is 40.7 Å². The molecule has 4 nitrogen and oxygen atoms in total. The molecule has 0 fully saturated rings. The Labute approximate surface area is 144 Å². The van der Waals surface area contributed by atoms with Crippen LogP contribution in [0, 0.1) is 0 Å². The molecule has 0 bridgehead atoms. The number of amides is 2. The molecule has 2 aromatic rings. The first kappa shape index (κ1) is 17.3. The van der Waals surface area contributed by atoms with Crippen molar-refractivity contribution in [2.24, 2.45) is 0 Å². The highest BCUT2D eigenvalue weighted by Gasteiger charge is 2.18. The minimum atomic E-state index is -0.411. The van der Waals surface area contributed by atoms with E-state index in [1.54, 1.807) is 18.2 Å². The minimum Gasteiger partial charge on any atom is -0.349 e. The predicted octanol–water partition coefficient (Wildman–Crippen LogP) is 4.20. The summed E-state index contributed by atoms with van der Waals surface area (Å²) in [5.41, 5.74) is 1.30. The third kappa shape index (κ3) is 4.98. The zero-order valence-corrected chi connectivity index (χ0v) is 14.0. The van der Waals surface area contributed by atoms with Crippen LogP contribution in [0.4, 0.5) is 5.69 Å². The lowest BCUT2D eigenvalue weighted by Gasteiger charge is -2.18. The Bertz CT molecular complexity index is 705. The Kier molecular flexibility index (Phi) is 6.02. The van der Waals surface area contributed by atoms with Crippen LogP contribution in [0.5, 0.6) is 0 Å². The smallest absolute Gasteiger partial charge is 0.226 e. The standard InChI is InChI=1S/C17H16Cl2N2O2/c1-11(22)20-15(12-6-3-2-4-7-12)10-16(23)21-14-9-5-8-13(18)17(14)19/h2-9,15H,10H2,1H3,(H,20,22)(H,21,23). The van der Waals surface area contributed by atoms with Crippen LogP contribution in [0.3, 0.4) is 0 Å². The van der Waals surface area contributed by atoms with Crippen LogP contribution in [0.15, 0.2) is 48.5 Å². The molecule has 0 aliphatic heterocycles. The lowest BCUT2D eigenvalue weighted by Crippen LogP contribution is -2.29. The number of carbonyl (C=O) groups excluding carboxylic acids is 2. The van der Waals surface area contributed by atoms with Gasteiger partial charge in [0.15, 0.2) is 0 Å². The maximum atomic E-state index is 12.3. The Balaban J connectivity index is 2.11. The van der Waals surface area contributed by atoms with Gasteiger partial charge in [-0.05, 0) is 17.7 Å². The van der Waals surface area contributed by atoms with Gasteiger partial charge in [-0.2, -0.15) is 0 Å². The van der Waals surface area contributed by atoms with Crippen LogP contribution in [-0.2, 0) is 9.59 Å². The van der Waals surface area contributed by atoms with E-state index in [1.807, 2.05) is 30.3 Å². The van der Waals surface area contributed by atoms with Crippen LogP contribution < -0.4 is 10.6 Å². The Morgan fingerprint density at radius 2 is 1.74 bits per heavy atom. The highest BCUT2D eigenvalue weighted by atomic mass is 35.5. The summed E-state index contributed by atoms with van der Waals surface area (Å²) >= 11 is 12.0. The van der Waals surface area contributed by atoms with Gasteiger partial charge < -0.3 is 10.6 Å². The zero-order valence-electron chi connectivity index (χ0n) is 12.5. The number of anilines is 1. The van der Waals surface area contributed by atoms with Crippen LogP contribution in [0.1, 0.15) is 24.9 Å². The largest absolute Gasteiger partial charge is 0.349 e. The minimum absolute atomic E-state index is 0.0897. The van der Waals surface area contributed by atoms with Crippen molar-refractivity contribution in [3.8, 4) is 0 Å². The summed E-state index contributed by atoms with van der Waals surface area (Å²) in [5.74, 6) is -0.468. The lowest BCUT2D eigenvalue weighted by atomic mass is 10.0. The van der Waals surface area contributed by atoms with Crippen LogP contribution in [0.25, 0.3) is 0 Å². The molecule has 2 amide bonds. The summed E-state index contributed by atoms with van der Waals surface area (Å²) in [6.45, 7) is 1.42. The summed E-state index contributed by atoms with van der Waals surface area (Å²) in [6.07, 6.45) is 0.0897. The second-order valence-corrected chi connectivity index (χ2v) is 5.80. The zero-order chi connectivity index (χ0) is 16.8. The number of hydrogen-bond donors (Lipinski definition) is 2. The number of benzene rings is 2. The molecule has 23 heavy (non-hydrogen) atoms. The van der Waals surface area contributed by atoms with Crippen molar-refractivity contribution in [1.82, 2.24) is 5.32 Å². The van der Waals surface area contributed by atoms with Crippen molar-refractivity contribution in [2.75, 3.05) is 5.32 Å². The molecule has 0 heterocycles. The van der Waals surface area contributed by atoms with E-state index in [2.05, 4.69) is 10.6 Å². The average Bonchev–Trinajstić information content (AvgIpc) is 2.51. The third-order valence-electron chi connectivity index (χ3n) is 3.19. The van der Waals surface area contributed by atoms with Crippen LogP contribution in [-0.4, -0.2) is 11.8 Å². The van der Waals surface area contributed by atoms with Gasteiger partial charge in [-0.3, -0.25) is 9.59 Å². The molecule has 0 saturated carbocycles. The van der Waals surface area contributed by atoms with E-state index in [9.17, 15) is 9.59 Å². The number of carbonyl (C=O) groups is 2. The van der Waals surface area contributed by atoms with Gasteiger partial charge in [-0.25, -0.2) is 0 Å². The van der Waals surface area contributed by atoms with E-state index in [0.717, 1.165) is 5.56 Å². The van der Waals surface area contributed by atoms with Gasteiger partial charge in [0.25, 0.3) is 0 Å². The third-order valence-corrected chi connectivity index (χ3v) is 4.01. The topological polar surface area (TPSA) is 58.2 Å². The first-order chi connectivity index (χ1) is 11.0. The molecule has 0 saturated heterocycles. The van der Waals surface area contributed by atoms with Gasteiger partial charge in [-0.15, -0.1) is 0 Å². The molecule has 0 radical (unpaired) electrons. The Hall–Kier alpha value is -2.04. The van der Waals surface area contributed by atoms with E-state index >= 15 is 0 Å². The molecule has 2 rings (SSSR count). The van der Waals surface area contributed by atoms with E-state index in [1.165, 1.54) is 6.92 Å². The second-order valence-electron chi connectivity index (χ2n) is 5.02. The summed E-state index contributed by atoms with van der Waals surface area (Å²) in [4.78, 5) is 23.7. The van der Waals surface area contributed by atoms with E-state index in [0.29, 0.717) is 15.7 Å². The maximum absolute atomic E-state index is 12.3. The summed E-state index contributed by atoms with van der Waals surface area (Å²) < 4.78 is 0. The molecule has 0 aliphatic rings. The molecule has 0 aromatic heterocycles. The summed E-state index contributed by atoms with van der Waals surface area (Å²) in [7, 11) is 0. The van der Waals surface area contributed by atoms with Crippen molar-refractivity contribution in [3.63, 3.8) is 0 Å². The number of rotatable bonds is 5. The normalized spacial score (nSPS) is 11.6. The van der Waals surface area contributed by atoms with Crippen LogP contribution in [0.2, 0.25) is 10.0 Å². The van der Waals surface area contributed by atoms with Crippen LogP contribution >= 0.6 is 23.2 Å². The molecule has 1 unspecified atom stereocenters. The maximum Gasteiger partial charge on any atom is 0.226 e. The van der Waals surface area contributed by atoms with Gasteiger partial charge in [0, 0.05) is 6.92 Å². The fraction of sp³-hybridized carbons (Fsp3) is 0.176. The number of halogens is 2. The molecule has 0 aliphatic carbocycles. The summed E-state index contributed by atoms with van der Waals surface area (Å²) in [6, 6.07) is 13.9. The second kappa shape index (κ2) is 7.99. The average molecular weight is 351 g/mol. The quantitative estimate of drug-likeness (QED) is 0.848. The highest BCUT2D eigenvalue weighted by Crippen LogP contribution is 2.30. The monoisotopic (exact) mass is 350 g/mol. The van der Waals surface area contributed by atoms with E-state index < -0.39 is 6.04 Å². The highest BCUT2D eigenvalue weighted by molar-refractivity contribution is 6.43. The van der Waals surface area contributed by atoms with Crippen molar-refractivity contribution in [2.45, 2.75) is 19.4 Å². The Morgan fingerprint density at radius 1 is 1.04 bits per heavy atom. The predicted molar refractivity (Wildman–Crippen MR) is 92.7 cm³/mol. The molecule has 0 spiro atoms. The first-order valence-electron chi connectivity index (χ1n) is 7.03. The van der Waals surface area contributed by atoms with Gasteiger partial charge in [0.1, 0.15) is 0 Å². The number of nitrogens with one attached hydrogen (secondary N) is 2. The van der Waals surface area contributed by atoms with Crippen molar-refractivity contribution in [3.05, 3.63) is 64.1 Å². The van der Waals surface area contributed by atoms with Gasteiger partial charge in [-0.1, -0.05) is 59.6 Å². The van der Waals surface area contributed by atoms with Crippen molar-refractivity contribution < 1.29 is 9.59 Å². The molecular formula is C17H16Cl2N2O2. The fourth-order valence-corrected chi connectivity index (χ4v) is 2.52. The lowest BCUT2D eigenvalue weighted by molar-refractivity contribution is -0.120. The van der Waals surface area contributed by atoms with Gasteiger partial charge >= 0.3 is 0 Å². The molecule has 120 valence electrons. The van der Waals surface area contributed by atoms with Crippen molar-refractivity contribution in [1.29, 1.82) is 0 Å². The van der Waals surface area contributed by atoms with E-state index in [4.69, 9.17) is 23.2 Å². The molecular weight excluding hydrogens is 335 g/mol. The van der Waals surface area contributed by atoms with E-state index in [-0.39, 0.29) is 18.2 Å². The van der Waals surface area contributed by atoms with Gasteiger partial charge in [0.2, 0.25) is 11.8 Å². The van der Waals surface area contributed by atoms with Gasteiger partial charge in [0.05, 0.1) is 28.2 Å². The molecule has 2 aromatic carbocycles. The number of hydrogen-bond acceptors (Lipinski definition) is 2. The molecule has 6 heteroatoms. The molecule has 1 atom stereocenters.